The van der Waals surface area contributed by atoms with Crippen molar-refractivity contribution in [2.75, 3.05) is 0 Å². The largest absolute Gasteiger partial charge is 0.393 e. The lowest BCUT2D eigenvalue weighted by atomic mass is 9.43. The van der Waals surface area contributed by atoms with Crippen LogP contribution >= 0.6 is 11.3 Å². The maximum absolute atomic E-state index is 12.9. The molecule has 0 radical (unpaired) electrons. The van der Waals surface area contributed by atoms with Crippen LogP contribution in [-0.4, -0.2) is 39.5 Å². The van der Waals surface area contributed by atoms with Gasteiger partial charge in [-0.05, 0) is 110 Å². The number of rotatable bonds is 5. The Hall–Kier alpha value is -0.950. The van der Waals surface area contributed by atoms with Crippen LogP contribution in [0.1, 0.15) is 90.0 Å². The Balaban J connectivity index is 1.30. The highest BCUT2D eigenvalue weighted by atomic mass is 32.1. The van der Waals surface area contributed by atoms with Crippen molar-refractivity contribution in [3.8, 4) is 0 Å². The van der Waals surface area contributed by atoms with E-state index in [1.165, 1.54) is 4.88 Å². The molecule has 4 N–H and O–H groups in total. The molecule has 4 aliphatic rings. The highest BCUT2D eigenvalue weighted by Gasteiger charge is 2.65. The van der Waals surface area contributed by atoms with E-state index in [1.54, 1.807) is 11.3 Å². The maximum Gasteiger partial charge on any atom is 0.220 e. The van der Waals surface area contributed by atoms with Gasteiger partial charge in [0.1, 0.15) is 0 Å². The van der Waals surface area contributed by atoms with Crippen molar-refractivity contribution in [2.24, 2.45) is 46.3 Å². The average molecular weight is 504 g/mol. The third-order valence-electron chi connectivity index (χ3n) is 11.3. The lowest BCUT2D eigenvalue weighted by molar-refractivity contribution is -0.223. The quantitative estimate of drug-likeness (QED) is 0.459. The first-order valence-corrected chi connectivity index (χ1v) is 14.8. The summed E-state index contributed by atoms with van der Waals surface area (Å²) in [5.41, 5.74) is 0.0870. The number of carbonyl (C=O) groups is 1. The fourth-order valence-corrected chi connectivity index (χ4v) is 10.3. The predicted molar refractivity (Wildman–Crippen MR) is 139 cm³/mol. The molecule has 0 saturated heterocycles. The standard InChI is InChI=1S/C29H45NO4S/c1-16(14-24(32)30-17(2)23-6-5-13-35-23)19-7-8-20-25-21(10-12-28(19,20)3)29(4)11-9-18(31)15-22(29)26(33)27(25)34/h5-6,13,16-22,25-27,31,33-34H,7-12,14-15H2,1-4H3,(H,30,32)/t16-,17?,18-,19?,20+,21+,22+,25+,26-,27+,28-,29-/m1/s1. The molecule has 12 atom stereocenters. The first-order chi connectivity index (χ1) is 16.6. The topological polar surface area (TPSA) is 89.8 Å². The Labute approximate surface area is 214 Å². The normalized spacial score (nSPS) is 46.7. The molecule has 1 aromatic rings. The third kappa shape index (κ3) is 4.20. The average Bonchev–Trinajstić information content (AvgIpc) is 3.46. The van der Waals surface area contributed by atoms with Crippen LogP contribution in [0.2, 0.25) is 0 Å². The molecule has 2 unspecified atom stereocenters. The van der Waals surface area contributed by atoms with Crippen LogP contribution < -0.4 is 5.32 Å². The van der Waals surface area contributed by atoms with Gasteiger partial charge in [-0.1, -0.05) is 26.8 Å². The number of thiophene rings is 1. The molecule has 1 aromatic heterocycles. The number of amides is 1. The predicted octanol–water partition coefficient (Wildman–Crippen LogP) is 4.91. The number of hydrogen-bond donors (Lipinski definition) is 4. The van der Waals surface area contributed by atoms with Crippen molar-refractivity contribution < 1.29 is 20.1 Å². The van der Waals surface area contributed by atoms with Crippen LogP contribution in [0.4, 0.5) is 0 Å². The molecule has 4 aliphatic carbocycles. The molecule has 6 heteroatoms. The number of fused-ring (bicyclic) bond motifs is 5. The summed E-state index contributed by atoms with van der Waals surface area (Å²) >= 11 is 1.68. The first kappa shape index (κ1) is 25.7. The Morgan fingerprint density at radius 1 is 1.03 bits per heavy atom. The summed E-state index contributed by atoms with van der Waals surface area (Å²) in [5.74, 6) is 1.76. The van der Waals surface area contributed by atoms with Crippen molar-refractivity contribution in [2.45, 2.75) is 103 Å². The number of nitrogens with one attached hydrogen (secondary N) is 1. The van der Waals surface area contributed by atoms with Crippen LogP contribution in [0.3, 0.4) is 0 Å². The van der Waals surface area contributed by atoms with Crippen molar-refractivity contribution in [1.82, 2.24) is 5.32 Å². The lowest BCUT2D eigenvalue weighted by Crippen LogP contribution is -2.64. The summed E-state index contributed by atoms with van der Waals surface area (Å²) in [5, 5.41) is 38.2. The van der Waals surface area contributed by atoms with Crippen LogP contribution in [0.25, 0.3) is 0 Å². The highest BCUT2D eigenvalue weighted by Crippen LogP contribution is 2.68. The van der Waals surface area contributed by atoms with E-state index in [1.807, 2.05) is 11.4 Å². The fourth-order valence-electron chi connectivity index (χ4n) is 9.56. The summed E-state index contributed by atoms with van der Waals surface area (Å²) in [6, 6.07) is 4.14. The number of aliphatic hydroxyl groups is 3. The molecular weight excluding hydrogens is 458 g/mol. The molecule has 196 valence electrons. The van der Waals surface area contributed by atoms with Gasteiger partial charge in [0, 0.05) is 11.3 Å². The summed E-state index contributed by atoms with van der Waals surface area (Å²) < 4.78 is 0. The molecule has 5 nitrogen and oxygen atoms in total. The van der Waals surface area contributed by atoms with E-state index < -0.39 is 12.2 Å². The fraction of sp³-hybridized carbons (Fsp3) is 0.828. The van der Waals surface area contributed by atoms with Gasteiger partial charge in [0.2, 0.25) is 5.91 Å². The van der Waals surface area contributed by atoms with Gasteiger partial charge in [-0.25, -0.2) is 0 Å². The monoisotopic (exact) mass is 503 g/mol. The molecular formula is C29H45NO4S. The molecule has 0 aromatic carbocycles. The smallest absolute Gasteiger partial charge is 0.220 e. The van der Waals surface area contributed by atoms with Gasteiger partial charge < -0.3 is 20.6 Å². The van der Waals surface area contributed by atoms with E-state index >= 15 is 0 Å². The second-order valence-electron chi connectivity index (χ2n) is 13.0. The minimum atomic E-state index is -0.750. The summed E-state index contributed by atoms with van der Waals surface area (Å²) in [6.45, 7) is 9.03. The second-order valence-corrected chi connectivity index (χ2v) is 14.0. The molecule has 35 heavy (non-hydrogen) atoms. The Bertz CT molecular complexity index is 907. The molecule has 0 spiro atoms. The first-order valence-electron chi connectivity index (χ1n) is 13.9. The molecule has 4 fully saturated rings. The van der Waals surface area contributed by atoms with Crippen molar-refractivity contribution >= 4 is 17.2 Å². The molecule has 1 heterocycles. The zero-order valence-corrected chi connectivity index (χ0v) is 22.6. The molecule has 5 rings (SSSR count). The van der Waals surface area contributed by atoms with E-state index in [4.69, 9.17) is 0 Å². The number of hydrogen-bond acceptors (Lipinski definition) is 5. The molecule has 4 saturated carbocycles. The molecule has 0 aliphatic heterocycles. The van der Waals surface area contributed by atoms with E-state index in [0.717, 1.165) is 38.5 Å². The highest BCUT2D eigenvalue weighted by molar-refractivity contribution is 7.10. The molecule has 0 bridgehead atoms. The van der Waals surface area contributed by atoms with E-state index in [2.05, 4.69) is 39.1 Å². The van der Waals surface area contributed by atoms with E-state index in [0.29, 0.717) is 30.6 Å². The lowest BCUT2D eigenvalue weighted by Gasteiger charge is -2.63. The Morgan fingerprint density at radius 2 is 1.74 bits per heavy atom. The number of carbonyl (C=O) groups excluding carboxylic acids is 1. The zero-order chi connectivity index (χ0) is 25.1. The Kier molecular flexibility index (Phi) is 6.91. The maximum atomic E-state index is 12.9. The van der Waals surface area contributed by atoms with Gasteiger partial charge in [-0.3, -0.25) is 4.79 Å². The van der Waals surface area contributed by atoms with Gasteiger partial charge in [0.25, 0.3) is 0 Å². The molecule has 1 amide bonds. The second kappa shape index (κ2) is 9.41. The van der Waals surface area contributed by atoms with Gasteiger partial charge in [0.15, 0.2) is 0 Å². The van der Waals surface area contributed by atoms with Gasteiger partial charge in [-0.2, -0.15) is 0 Å². The van der Waals surface area contributed by atoms with Crippen molar-refractivity contribution in [1.29, 1.82) is 0 Å². The minimum Gasteiger partial charge on any atom is -0.393 e. The van der Waals surface area contributed by atoms with Crippen LogP contribution in [-0.2, 0) is 4.79 Å². The minimum absolute atomic E-state index is 0.00854. The summed E-state index contributed by atoms with van der Waals surface area (Å²) in [7, 11) is 0. The van der Waals surface area contributed by atoms with E-state index in [9.17, 15) is 20.1 Å². The van der Waals surface area contributed by atoms with Gasteiger partial charge >= 0.3 is 0 Å². The SMILES string of the molecule is CC(NC(=O)C[C@@H](C)C1CC[C@H]2[C@@H]3[C@H](O)[C@H](O)[C@@H]4C[C@H](O)CC[C@]4(C)[C@H]3CC[C@]12C)c1cccs1. The summed E-state index contributed by atoms with van der Waals surface area (Å²) in [4.78, 5) is 14.1. The van der Waals surface area contributed by atoms with Crippen molar-refractivity contribution in [3.63, 3.8) is 0 Å². The summed E-state index contributed by atoms with van der Waals surface area (Å²) in [6.07, 6.45) is 5.47. The van der Waals surface area contributed by atoms with Gasteiger partial charge in [-0.15, -0.1) is 11.3 Å². The third-order valence-corrected chi connectivity index (χ3v) is 12.4. The van der Waals surface area contributed by atoms with Crippen LogP contribution in [0, 0.1) is 46.3 Å². The van der Waals surface area contributed by atoms with Crippen molar-refractivity contribution in [3.05, 3.63) is 22.4 Å². The van der Waals surface area contributed by atoms with E-state index in [-0.39, 0.29) is 46.6 Å². The Morgan fingerprint density at radius 3 is 2.46 bits per heavy atom. The van der Waals surface area contributed by atoms with Gasteiger partial charge in [0.05, 0.1) is 24.4 Å². The zero-order valence-electron chi connectivity index (χ0n) is 21.8. The van der Waals surface area contributed by atoms with Crippen LogP contribution in [0.15, 0.2) is 17.5 Å². The van der Waals surface area contributed by atoms with Crippen LogP contribution in [0.5, 0.6) is 0 Å². The number of aliphatic hydroxyl groups excluding tert-OH is 3.